The molecule has 1 N–H and O–H groups in total. The molecule has 0 aliphatic rings. The Balaban J connectivity index is 1.68. The number of amides is 1. The number of benzene rings is 1. The maximum absolute atomic E-state index is 13.6. The minimum atomic E-state index is -0.910. The third-order valence-corrected chi connectivity index (χ3v) is 5.05. The number of rotatable bonds is 5. The molecular formula is C17H11F2NO2S2. The summed E-state index contributed by atoms with van der Waals surface area (Å²) in [7, 11) is 0. The zero-order valence-electron chi connectivity index (χ0n) is 12.2. The quantitative estimate of drug-likeness (QED) is 0.689. The molecule has 0 radical (unpaired) electrons. The van der Waals surface area contributed by atoms with Crippen molar-refractivity contribution < 1.29 is 18.4 Å². The van der Waals surface area contributed by atoms with Crippen molar-refractivity contribution in [3.63, 3.8) is 0 Å². The lowest BCUT2D eigenvalue weighted by molar-refractivity contribution is 0.0942. The zero-order valence-corrected chi connectivity index (χ0v) is 13.8. The molecule has 0 atom stereocenters. The lowest BCUT2D eigenvalue weighted by Crippen LogP contribution is -2.24. The molecule has 0 saturated carbocycles. The summed E-state index contributed by atoms with van der Waals surface area (Å²) in [5.41, 5.74) is 0.00879. The number of hydrogen-bond acceptors (Lipinski definition) is 4. The Hall–Kier alpha value is -2.38. The van der Waals surface area contributed by atoms with Crippen LogP contribution in [0.5, 0.6) is 0 Å². The highest BCUT2D eigenvalue weighted by Gasteiger charge is 2.17. The van der Waals surface area contributed by atoms with Gasteiger partial charge < -0.3 is 5.32 Å². The van der Waals surface area contributed by atoms with Gasteiger partial charge in [-0.25, -0.2) is 8.78 Å². The fraction of sp³-hybridized carbons (Fsp3) is 0.0588. The highest BCUT2D eigenvalue weighted by molar-refractivity contribution is 7.14. The van der Waals surface area contributed by atoms with Gasteiger partial charge in [0.25, 0.3) is 5.91 Å². The summed E-state index contributed by atoms with van der Waals surface area (Å²) in [6.45, 7) is 0.0915. The fourth-order valence-corrected chi connectivity index (χ4v) is 3.65. The summed E-state index contributed by atoms with van der Waals surface area (Å²) < 4.78 is 27.1. The van der Waals surface area contributed by atoms with Crippen molar-refractivity contribution in [3.05, 3.63) is 79.7 Å². The molecule has 24 heavy (non-hydrogen) atoms. The van der Waals surface area contributed by atoms with Crippen LogP contribution in [0.15, 0.2) is 47.2 Å². The number of thiophene rings is 2. The summed E-state index contributed by atoms with van der Waals surface area (Å²) in [4.78, 5) is 25.4. The van der Waals surface area contributed by atoms with Gasteiger partial charge in [-0.2, -0.15) is 11.3 Å². The van der Waals surface area contributed by atoms with E-state index in [0.717, 1.165) is 17.0 Å². The van der Waals surface area contributed by atoms with Gasteiger partial charge in [-0.15, -0.1) is 11.3 Å². The maximum Gasteiger partial charge on any atom is 0.257 e. The second kappa shape index (κ2) is 7.02. The van der Waals surface area contributed by atoms with Crippen molar-refractivity contribution >= 4 is 34.4 Å². The van der Waals surface area contributed by atoms with E-state index in [1.165, 1.54) is 28.7 Å². The largest absolute Gasteiger partial charge is 0.347 e. The summed E-state index contributed by atoms with van der Waals surface area (Å²) in [6.07, 6.45) is 0. The van der Waals surface area contributed by atoms with Gasteiger partial charge in [0.05, 0.1) is 11.4 Å². The van der Waals surface area contributed by atoms with Crippen LogP contribution in [0, 0.1) is 11.6 Å². The number of carbonyl (C=O) groups is 2. The molecule has 2 aromatic heterocycles. The Labute approximate surface area is 144 Å². The van der Waals surface area contributed by atoms with Gasteiger partial charge >= 0.3 is 0 Å². The molecule has 2 heterocycles. The van der Waals surface area contributed by atoms with Gasteiger partial charge in [-0.05, 0) is 35.7 Å². The number of hydrogen-bond donors (Lipinski definition) is 1. The first-order valence-electron chi connectivity index (χ1n) is 6.94. The monoisotopic (exact) mass is 363 g/mol. The Morgan fingerprint density at radius 1 is 1.04 bits per heavy atom. The predicted molar refractivity (Wildman–Crippen MR) is 89.6 cm³/mol. The van der Waals surface area contributed by atoms with Crippen molar-refractivity contribution in [2.24, 2.45) is 0 Å². The molecule has 3 nitrogen and oxygen atoms in total. The van der Waals surface area contributed by atoms with E-state index in [-0.39, 0.29) is 12.3 Å². The van der Waals surface area contributed by atoms with Crippen LogP contribution in [-0.2, 0) is 6.54 Å². The van der Waals surface area contributed by atoms with E-state index >= 15 is 0 Å². The molecule has 122 valence electrons. The first-order valence-corrected chi connectivity index (χ1v) is 8.70. The van der Waals surface area contributed by atoms with Crippen molar-refractivity contribution in [1.82, 2.24) is 5.32 Å². The van der Waals surface area contributed by atoms with Gasteiger partial charge in [0.1, 0.15) is 17.2 Å². The van der Waals surface area contributed by atoms with Crippen molar-refractivity contribution in [2.75, 3.05) is 0 Å². The lowest BCUT2D eigenvalue weighted by Gasteiger charge is -2.05. The molecule has 0 saturated heterocycles. The molecule has 3 rings (SSSR count). The second-order valence-electron chi connectivity index (χ2n) is 4.89. The van der Waals surface area contributed by atoms with Gasteiger partial charge in [0.2, 0.25) is 5.78 Å². The Morgan fingerprint density at radius 2 is 1.79 bits per heavy atom. The minimum Gasteiger partial charge on any atom is -0.347 e. The van der Waals surface area contributed by atoms with E-state index < -0.39 is 23.1 Å². The average molecular weight is 363 g/mol. The van der Waals surface area contributed by atoms with Gasteiger partial charge in [0, 0.05) is 15.8 Å². The zero-order chi connectivity index (χ0) is 17.1. The van der Waals surface area contributed by atoms with E-state index in [2.05, 4.69) is 5.32 Å². The third-order valence-electron chi connectivity index (χ3n) is 3.28. The molecule has 1 aromatic carbocycles. The predicted octanol–water partition coefficient (Wildman–Crippen LogP) is 4.25. The molecule has 0 aliphatic carbocycles. The molecular weight excluding hydrogens is 352 g/mol. The first kappa shape index (κ1) is 16.5. The molecule has 3 aromatic rings. The summed E-state index contributed by atoms with van der Waals surface area (Å²) in [5.74, 6) is -2.73. The molecule has 7 heteroatoms. The number of ketones is 1. The van der Waals surface area contributed by atoms with Crippen LogP contribution in [0.3, 0.4) is 0 Å². The summed E-state index contributed by atoms with van der Waals surface area (Å²) in [6, 6.07) is 8.39. The summed E-state index contributed by atoms with van der Waals surface area (Å²) in [5, 5.41) is 6.06. The molecule has 0 bridgehead atoms. The number of carbonyl (C=O) groups excluding carboxylic acids is 2. The SMILES string of the molecule is O=C(c1ccsc1)c1ccc(CNC(=O)c2c(F)cccc2F)s1. The van der Waals surface area contributed by atoms with Crippen LogP contribution < -0.4 is 5.32 Å². The average Bonchev–Trinajstić information content (AvgIpc) is 3.24. The van der Waals surface area contributed by atoms with Gasteiger partial charge in [-0.1, -0.05) is 6.07 Å². The van der Waals surface area contributed by atoms with Crippen LogP contribution in [0.1, 0.15) is 30.5 Å². The highest BCUT2D eigenvalue weighted by atomic mass is 32.1. The van der Waals surface area contributed by atoms with E-state index in [4.69, 9.17) is 0 Å². The third kappa shape index (κ3) is 3.42. The molecule has 0 spiro atoms. The Morgan fingerprint density at radius 3 is 2.46 bits per heavy atom. The normalized spacial score (nSPS) is 10.6. The number of nitrogens with one attached hydrogen (secondary N) is 1. The lowest BCUT2D eigenvalue weighted by atomic mass is 10.2. The van der Waals surface area contributed by atoms with Crippen LogP contribution >= 0.6 is 22.7 Å². The van der Waals surface area contributed by atoms with Crippen LogP contribution in [0.4, 0.5) is 8.78 Å². The van der Waals surface area contributed by atoms with E-state index in [0.29, 0.717) is 10.4 Å². The highest BCUT2D eigenvalue weighted by Crippen LogP contribution is 2.21. The van der Waals surface area contributed by atoms with Crippen LogP contribution in [0.2, 0.25) is 0 Å². The second-order valence-corrected chi connectivity index (χ2v) is 6.83. The summed E-state index contributed by atoms with van der Waals surface area (Å²) >= 11 is 2.68. The Kier molecular flexibility index (Phi) is 4.82. The topological polar surface area (TPSA) is 46.2 Å². The van der Waals surface area contributed by atoms with Crippen LogP contribution in [-0.4, -0.2) is 11.7 Å². The first-order chi connectivity index (χ1) is 11.6. The molecule has 0 fully saturated rings. The van der Waals surface area contributed by atoms with Crippen molar-refractivity contribution in [3.8, 4) is 0 Å². The van der Waals surface area contributed by atoms with Crippen molar-refractivity contribution in [2.45, 2.75) is 6.54 Å². The van der Waals surface area contributed by atoms with Crippen LogP contribution in [0.25, 0.3) is 0 Å². The molecule has 1 amide bonds. The molecule has 0 unspecified atom stereocenters. The van der Waals surface area contributed by atoms with Gasteiger partial charge in [0.15, 0.2) is 0 Å². The fourth-order valence-electron chi connectivity index (χ4n) is 2.10. The van der Waals surface area contributed by atoms with E-state index in [9.17, 15) is 18.4 Å². The smallest absolute Gasteiger partial charge is 0.257 e. The standard InChI is InChI=1S/C17H11F2NO2S2/c18-12-2-1-3-13(19)15(12)17(22)20-8-11-4-5-14(24-11)16(21)10-6-7-23-9-10/h1-7,9H,8H2,(H,20,22). The van der Waals surface area contributed by atoms with E-state index in [1.54, 1.807) is 23.6 Å². The minimum absolute atomic E-state index is 0.0843. The molecule has 0 aliphatic heterocycles. The Bertz CT molecular complexity index is 868. The number of halogens is 2. The van der Waals surface area contributed by atoms with Crippen molar-refractivity contribution in [1.29, 1.82) is 0 Å². The maximum atomic E-state index is 13.6. The van der Waals surface area contributed by atoms with E-state index in [1.807, 2.05) is 5.38 Å². The van der Waals surface area contributed by atoms with Gasteiger partial charge in [-0.3, -0.25) is 9.59 Å².